The number of nitrogens with one attached hydrogen (secondary N) is 1. The molecule has 2 rings (SSSR count). The van der Waals surface area contributed by atoms with Crippen LogP contribution in [-0.2, 0) is 6.54 Å². The van der Waals surface area contributed by atoms with Crippen molar-refractivity contribution in [2.24, 2.45) is 0 Å². The summed E-state index contributed by atoms with van der Waals surface area (Å²) in [6.07, 6.45) is 0. The molecule has 0 aliphatic rings. The topological polar surface area (TPSA) is 32.3 Å². The van der Waals surface area contributed by atoms with E-state index in [0.29, 0.717) is 22.2 Å². The van der Waals surface area contributed by atoms with Gasteiger partial charge in [-0.2, -0.15) is 0 Å². The summed E-state index contributed by atoms with van der Waals surface area (Å²) in [7, 11) is 3.97. The Kier molecular flexibility index (Phi) is 5.10. The van der Waals surface area contributed by atoms with E-state index in [1.807, 2.05) is 43.3 Å². The van der Waals surface area contributed by atoms with Gasteiger partial charge in [-0.1, -0.05) is 35.3 Å². The van der Waals surface area contributed by atoms with Gasteiger partial charge in [0.05, 0.1) is 10.6 Å². The van der Waals surface area contributed by atoms with Crippen molar-refractivity contribution >= 4 is 34.8 Å². The number of nitrogens with zero attached hydrogens (tertiary/aromatic N) is 1. The Labute approximate surface area is 134 Å². The lowest BCUT2D eigenvalue weighted by Crippen LogP contribution is -2.23. The summed E-state index contributed by atoms with van der Waals surface area (Å²) in [5, 5.41) is 3.70. The van der Waals surface area contributed by atoms with Gasteiger partial charge < -0.3 is 10.2 Å². The summed E-state index contributed by atoms with van der Waals surface area (Å²) >= 11 is 11.8. The molecule has 0 saturated heterocycles. The predicted octanol–water partition coefficient (Wildman–Crippen LogP) is 3.99. The molecular formula is C16H16Cl2N2O. The third-order valence-corrected chi connectivity index (χ3v) is 3.63. The molecule has 0 aliphatic heterocycles. The van der Waals surface area contributed by atoms with E-state index in [0.717, 1.165) is 11.3 Å². The minimum atomic E-state index is -0.214. The number of anilines is 1. The van der Waals surface area contributed by atoms with E-state index in [-0.39, 0.29) is 5.91 Å². The van der Waals surface area contributed by atoms with Crippen LogP contribution in [-0.4, -0.2) is 20.0 Å². The van der Waals surface area contributed by atoms with Crippen molar-refractivity contribution in [1.29, 1.82) is 0 Å². The molecule has 110 valence electrons. The Morgan fingerprint density at radius 2 is 1.76 bits per heavy atom. The molecule has 0 spiro atoms. The van der Waals surface area contributed by atoms with E-state index in [1.165, 1.54) is 0 Å². The predicted molar refractivity (Wildman–Crippen MR) is 88.4 cm³/mol. The maximum Gasteiger partial charge on any atom is 0.253 e. The van der Waals surface area contributed by atoms with Gasteiger partial charge in [0.15, 0.2) is 0 Å². The van der Waals surface area contributed by atoms with Crippen LogP contribution in [0.1, 0.15) is 15.9 Å². The summed E-state index contributed by atoms with van der Waals surface area (Å²) in [5.41, 5.74) is 2.57. The quantitative estimate of drug-likeness (QED) is 0.923. The average molecular weight is 323 g/mol. The van der Waals surface area contributed by atoms with Crippen molar-refractivity contribution in [2.75, 3.05) is 19.0 Å². The molecule has 0 aromatic heterocycles. The minimum Gasteiger partial charge on any atom is -0.378 e. The summed E-state index contributed by atoms with van der Waals surface area (Å²) < 4.78 is 0. The summed E-state index contributed by atoms with van der Waals surface area (Å²) in [6, 6.07) is 12.8. The van der Waals surface area contributed by atoms with Crippen molar-refractivity contribution in [1.82, 2.24) is 5.32 Å². The van der Waals surface area contributed by atoms with Crippen LogP contribution in [0, 0.1) is 0 Å². The van der Waals surface area contributed by atoms with Gasteiger partial charge in [-0.15, -0.1) is 0 Å². The maximum absolute atomic E-state index is 12.1. The zero-order valence-corrected chi connectivity index (χ0v) is 13.4. The highest BCUT2D eigenvalue weighted by Gasteiger charge is 2.10. The van der Waals surface area contributed by atoms with Gasteiger partial charge in [0.1, 0.15) is 0 Å². The van der Waals surface area contributed by atoms with Crippen molar-refractivity contribution in [3.8, 4) is 0 Å². The van der Waals surface area contributed by atoms with Crippen molar-refractivity contribution < 1.29 is 4.79 Å². The fourth-order valence-corrected chi connectivity index (χ4v) is 2.36. The second kappa shape index (κ2) is 6.83. The molecular weight excluding hydrogens is 307 g/mol. The van der Waals surface area contributed by atoms with Gasteiger partial charge in [0, 0.05) is 31.4 Å². The van der Waals surface area contributed by atoms with Crippen LogP contribution >= 0.6 is 23.2 Å². The molecule has 0 bridgehead atoms. The fraction of sp³-hybridized carbons (Fsp3) is 0.188. The Morgan fingerprint density at radius 3 is 2.33 bits per heavy atom. The van der Waals surface area contributed by atoms with E-state index in [9.17, 15) is 4.79 Å². The Morgan fingerprint density at radius 1 is 1.10 bits per heavy atom. The zero-order valence-electron chi connectivity index (χ0n) is 11.9. The molecule has 1 N–H and O–H groups in total. The van der Waals surface area contributed by atoms with E-state index in [2.05, 4.69) is 5.32 Å². The minimum absolute atomic E-state index is 0.214. The highest BCUT2D eigenvalue weighted by atomic mass is 35.5. The number of amides is 1. The first-order valence-electron chi connectivity index (χ1n) is 6.47. The lowest BCUT2D eigenvalue weighted by atomic mass is 10.1. The summed E-state index contributed by atoms with van der Waals surface area (Å²) in [4.78, 5) is 14.1. The standard InChI is InChI=1S/C16H16Cl2N2O/c1-20(2)13-6-3-11(4-7-13)10-19-16(21)14-8-5-12(17)9-15(14)18/h3-9H,10H2,1-2H3,(H,19,21). The van der Waals surface area contributed by atoms with Crippen LogP contribution in [0.2, 0.25) is 10.0 Å². The number of hydrogen-bond acceptors (Lipinski definition) is 2. The van der Waals surface area contributed by atoms with Crippen LogP contribution < -0.4 is 10.2 Å². The van der Waals surface area contributed by atoms with Gasteiger partial charge in [0.25, 0.3) is 5.91 Å². The molecule has 0 aliphatic carbocycles. The molecule has 0 saturated carbocycles. The van der Waals surface area contributed by atoms with Crippen molar-refractivity contribution in [3.63, 3.8) is 0 Å². The number of halogens is 2. The average Bonchev–Trinajstić information content (AvgIpc) is 2.45. The SMILES string of the molecule is CN(C)c1ccc(CNC(=O)c2ccc(Cl)cc2Cl)cc1. The summed E-state index contributed by atoms with van der Waals surface area (Å²) in [5.74, 6) is -0.214. The Balaban J connectivity index is 2.00. The van der Waals surface area contributed by atoms with E-state index < -0.39 is 0 Å². The van der Waals surface area contributed by atoms with Crippen LogP contribution in [0.25, 0.3) is 0 Å². The van der Waals surface area contributed by atoms with Crippen LogP contribution in [0.5, 0.6) is 0 Å². The van der Waals surface area contributed by atoms with Gasteiger partial charge in [0.2, 0.25) is 0 Å². The largest absolute Gasteiger partial charge is 0.378 e. The zero-order chi connectivity index (χ0) is 15.4. The molecule has 2 aromatic rings. The summed E-state index contributed by atoms with van der Waals surface area (Å²) in [6.45, 7) is 0.450. The molecule has 5 heteroatoms. The Hall–Kier alpha value is -1.71. The number of carbonyl (C=O) groups is 1. The molecule has 3 nitrogen and oxygen atoms in total. The lowest BCUT2D eigenvalue weighted by Gasteiger charge is -2.13. The van der Waals surface area contributed by atoms with E-state index >= 15 is 0 Å². The van der Waals surface area contributed by atoms with Gasteiger partial charge >= 0.3 is 0 Å². The first kappa shape index (κ1) is 15.7. The first-order valence-corrected chi connectivity index (χ1v) is 7.22. The van der Waals surface area contributed by atoms with Crippen molar-refractivity contribution in [2.45, 2.75) is 6.54 Å². The molecule has 1 amide bonds. The highest BCUT2D eigenvalue weighted by molar-refractivity contribution is 6.36. The Bertz CT molecular complexity index is 639. The second-order valence-electron chi connectivity index (χ2n) is 4.87. The van der Waals surface area contributed by atoms with E-state index in [1.54, 1.807) is 18.2 Å². The number of benzene rings is 2. The molecule has 0 atom stereocenters. The van der Waals surface area contributed by atoms with Crippen LogP contribution in [0.15, 0.2) is 42.5 Å². The first-order chi connectivity index (χ1) is 9.97. The van der Waals surface area contributed by atoms with E-state index in [4.69, 9.17) is 23.2 Å². The molecule has 0 fully saturated rings. The molecule has 0 unspecified atom stereocenters. The van der Waals surface area contributed by atoms with Gasteiger partial charge in [-0.3, -0.25) is 4.79 Å². The third kappa shape index (κ3) is 4.13. The third-order valence-electron chi connectivity index (χ3n) is 3.08. The van der Waals surface area contributed by atoms with Crippen LogP contribution in [0.3, 0.4) is 0 Å². The smallest absolute Gasteiger partial charge is 0.253 e. The number of hydrogen-bond donors (Lipinski definition) is 1. The molecule has 2 aromatic carbocycles. The molecule has 0 radical (unpaired) electrons. The number of carbonyl (C=O) groups excluding carboxylic acids is 1. The second-order valence-corrected chi connectivity index (χ2v) is 5.71. The van der Waals surface area contributed by atoms with Gasteiger partial charge in [-0.25, -0.2) is 0 Å². The lowest BCUT2D eigenvalue weighted by molar-refractivity contribution is 0.0951. The normalized spacial score (nSPS) is 10.3. The fourth-order valence-electron chi connectivity index (χ4n) is 1.86. The van der Waals surface area contributed by atoms with Crippen molar-refractivity contribution in [3.05, 3.63) is 63.6 Å². The molecule has 21 heavy (non-hydrogen) atoms. The highest BCUT2D eigenvalue weighted by Crippen LogP contribution is 2.21. The maximum atomic E-state index is 12.1. The van der Waals surface area contributed by atoms with Gasteiger partial charge in [-0.05, 0) is 35.9 Å². The number of rotatable bonds is 4. The van der Waals surface area contributed by atoms with Crippen LogP contribution in [0.4, 0.5) is 5.69 Å². The molecule has 0 heterocycles. The monoisotopic (exact) mass is 322 g/mol.